The number of hydrogen-bond acceptors (Lipinski definition) is 3. The fraction of sp³-hybridized carbons (Fsp3) is 1.00. The topological polar surface area (TPSA) is 49.4 Å². The predicted molar refractivity (Wildman–Crippen MR) is 87.8 cm³/mol. The normalized spacial score (nSPS) is 35.2. The van der Waals surface area contributed by atoms with Crippen molar-refractivity contribution in [1.29, 1.82) is 0 Å². The zero-order chi connectivity index (χ0) is 15.5. The highest BCUT2D eigenvalue weighted by atomic mass is 32.2. The first-order valence-electron chi connectivity index (χ1n) is 8.51. The summed E-state index contributed by atoms with van der Waals surface area (Å²) in [6.45, 7) is 7.18. The second-order valence-corrected chi connectivity index (χ2v) is 9.52. The fourth-order valence-electron chi connectivity index (χ4n) is 4.22. The Balaban J connectivity index is 1.86. The Kier molecular flexibility index (Phi) is 5.71. The highest BCUT2D eigenvalue weighted by Crippen LogP contribution is 2.44. The molecule has 0 bridgehead atoms. The van der Waals surface area contributed by atoms with Crippen LogP contribution in [0.15, 0.2) is 0 Å². The molecule has 0 aromatic carbocycles. The van der Waals surface area contributed by atoms with Crippen molar-refractivity contribution in [3.05, 3.63) is 0 Å². The van der Waals surface area contributed by atoms with Crippen LogP contribution in [-0.4, -0.2) is 44.7 Å². The van der Waals surface area contributed by atoms with E-state index in [4.69, 9.17) is 0 Å². The van der Waals surface area contributed by atoms with Gasteiger partial charge in [-0.15, -0.1) is 0 Å². The third-order valence-corrected chi connectivity index (χ3v) is 6.52. The van der Waals surface area contributed by atoms with Gasteiger partial charge in [0.05, 0.1) is 6.26 Å². The van der Waals surface area contributed by atoms with Crippen LogP contribution in [0.1, 0.15) is 58.8 Å². The minimum atomic E-state index is -3.01. The molecule has 2 aliphatic rings. The molecule has 3 atom stereocenters. The summed E-state index contributed by atoms with van der Waals surface area (Å²) in [5, 5.41) is 3.65. The first-order chi connectivity index (χ1) is 9.82. The molecule has 0 radical (unpaired) electrons. The van der Waals surface area contributed by atoms with Gasteiger partial charge in [-0.25, -0.2) is 12.7 Å². The zero-order valence-corrected chi connectivity index (χ0v) is 14.7. The van der Waals surface area contributed by atoms with Crippen LogP contribution in [0, 0.1) is 11.3 Å². The van der Waals surface area contributed by atoms with E-state index in [2.05, 4.69) is 19.2 Å². The molecule has 1 saturated carbocycles. The Morgan fingerprint density at radius 2 is 2.10 bits per heavy atom. The number of sulfonamides is 1. The summed E-state index contributed by atoms with van der Waals surface area (Å²) in [6.07, 6.45) is 9.74. The van der Waals surface area contributed by atoms with Crippen molar-refractivity contribution < 1.29 is 8.42 Å². The standard InChI is InChI=1S/C16H32N2O2S/c1-4-9-17-15-7-8-16(2,12-15)11-14-6-5-10-18(13-14)21(3,19)20/h14-15,17H,4-13H2,1-3H3. The summed E-state index contributed by atoms with van der Waals surface area (Å²) in [7, 11) is -3.01. The monoisotopic (exact) mass is 316 g/mol. The molecule has 3 unspecified atom stereocenters. The van der Waals surface area contributed by atoms with Crippen molar-refractivity contribution in [2.45, 2.75) is 64.8 Å². The molecule has 4 nitrogen and oxygen atoms in total. The van der Waals surface area contributed by atoms with Crippen molar-refractivity contribution in [2.75, 3.05) is 25.9 Å². The molecule has 0 spiro atoms. The summed E-state index contributed by atoms with van der Waals surface area (Å²) < 4.78 is 25.2. The molecule has 1 heterocycles. The maximum atomic E-state index is 11.7. The molecule has 1 N–H and O–H groups in total. The quantitative estimate of drug-likeness (QED) is 0.819. The summed E-state index contributed by atoms with van der Waals surface area (Å²) >= 11 is 0. The van der Waals surface area contributed by atoms with E-state index in [0.717, 1.165) is 19.5 Å². The Labute approximate surface area is 130 Å². The Bertz CT molecular complexity index is 438. The maximum Gasteiger partial charge on any atom is 0.211 e. The van der Waals surface area contributed by atoms with Gasteiger partial charge in [0, 0.05) is 19.1 Å². The molecule has 5 heteroatoms. The van der Waals surface area contributed by atoms with Crippen LogP contribution >= 0.6 is 0 Å². The molecule has 2 fully saturated rings. The van der Waals surface area contributed by atoms with Gasteiger partial charge in [0.1, 0.15) is 0 Å². The van der Waals surface area contributed by atoms with Gasteiger partial charge in [0.25, 0.3) is 0 Å². The Morgan fingerprint density at radius 3 is 2.76 bits per heavy atom. The molecule has 0 amide bonds. The van der Waals surface area contributed by atoms with Crippen molar-refractivity contribution in [3.8, 4) is 0 Å². The number of nitrogens with one attached hydrogen (secondary N) is 1. The van der Waals surface area contributed by atoms with Gasteiger partial charge in [-0.05, 0) is 62.8 Å². The lowest BCUT2D eigenvalue weighted by atomic mass is 9.77. The first-order valence-corrected chi connectivity index (χ1v) is 10.4. The summed E-state index contributed by atoms with van der Waals surface area (Å²) in [6, 6.07) is 0.671. The largest absolute Gasteiger partial charge is 0.314 e. The van der Waals surface area contributed by atoms with Crippen molar-refractivity contribution in [1.82, 2.24) is 9.62 Å². The van der Waals surface area contributed by atoms with E-state index < -0.39 is 10.0 Å². The van der Waals surface area contributed by atoms with Crippen LogP contribution in [0.5, 0.6) is 0 Å². The third kappa shape index (κ3) is 4.93. The molecular formula is C16H32N2O2S. The van der Waals surface area contributed by atoms with E-state index in [1.807, 2.05) is 0 Å². The van der Waals surface area contributed by atoms with Crippen LogP contribution < -0.4 is 5.32 Å². The van der Waals surface area contributed by atoms with Gasteiger partial charge in [-0.2, -0.15) is 0 Å². The minimum Gasteiger partial charge on any atom is -0.314 e. The summed E-state index contributed by atoms with van der Waals surface area (Å²) in [5.41, 5.74) is 0.399. The predicted octanol–water partition coefficient (Wildman–Crippen LogP) is 2.61. The van der Waals surface area contributed by atoms with Crippen LogP contribution in [0.25, 0.3) is 0 Å². The number of nitrogens with zero attached hydrogens (tertiary/aromatic N) is 1. The molecule has 2 rings (SSSR count). The van der Waals surface area contributed by atoms with Crippen molar-refractivity contribution in [2.24, 2.45) is 11.3 Å². The second-order valence-electron chi connectivity index (χ2n) is 7.54. The van der Waals surface area contributed by atoms with E-state index in [9.17, 15) is 8.42 Å². The lowest BCUT2D eigenvalue weighted by Gasteiger charge is -2.36. The SMILES string of the molecule is CCCNC1CCC(C)(CC2CCCN(S(C)(=O)=O)C2)C1. The van der Waals surface area contributed by atoms with E-state index >= 15 is 0 Å². The van der Waals surface area contributed by atoms with E-state index in [1.165, 1.54) is 44.8 Å². The van der Waals surface area contributed by atoms with Gasteiger partial charge < -0.3 is 5.32 Å². The first kappa shape index (κ1) is 17.2. The molecule has 0 aromatic rings. The highest BCUT2D eigenvalue weighted by molar-refractivity contribution is 7.88. The summed E-state index contributed by atoms with van der Waals surface area (Å²) in [4.78, 5) is 0. The van der Waals surface area contributed by atoms with E-state index in [0.29, 0.717) is 23.9 Å². The van der Waals surface area contributed by atoms with Crippen molar-refractivity contribution in [3.63, 3.8) is 0 Å². The van der Waals surface area contributed by atoms with Gasteiger partial charge >= 0.3 is 0 Å². The molecule has 1 aliphatic carbocycles. The lowest BCUT2D eigenvalue weighted by molar-refractivity contribution is 0.178. The second kappa shape index (κ2) is 6.97. The highest BCUT2D eigenvalue weighted by Gasteiger charge is 2.38. The van der Waals surface area contributed by atoms with Gasteiger partial charge in [0.2, 0.25) is 10.0 Å². The van der Waals surface area contributed by atoms with Gasteiger partial charge in [-0.3, -0.25) is 0 Å². The van der Waals surface area contributed by atoms with Crippen LogP contribution in [0.2, 0.25) is 0 Å². The van der Waals surface area contributed by atoms with Gasteiger partial charge in [0.15, 0.2) is 0 Å². The average Bonchev–Trinajstić information content (AvgIpc) is 2.77. The molecule has 0 aromatic heterocycles. The number of piperidine rings is 1. The zero-order valence-electron chi connectivity index (χ0n) is 13.9. The van der Waals surface area contributed by atoms with E-state index in [1.54, 1.807) is 4.31 Å². The average molecular weight is 317 g/mol. The Hall–Kier alpha value is -0.130. The molecular weight excluding hydrogens is 284 g/mol. The van der Waals surface area contributed by atoms with E-state index in [-0.39, 0.29) is 0 Å². The van der Waals surface area contributed by atoms with Crippen molar-refractivity contribution >= 4 is 10.0 Å². The third-order valence-electron chi connectivity index (χ3n) is 5.25. The molecule has 124 valence electrons. The minimum absolute atomic E-state index is 0.399. The maximum absolute atomic E-state index is 11.7. The number of hydrogen-bond donors (Lipinski definition) is 1. The Morgan fingerprint density at radius 1 is 1.33 bits per heavy atom. The fourth-order valence-corrected chi connectivity index (χ4v) is 5.16. The number of rotatable bonds is 6. The van der Waals surface area contributed by atoms with Gasteiger partial charge in [-0.1, -0.05) is 13.8 Å². The summed E-state index contributed by atoms with van der Waals surface area (Å²) in [5.74, 6) is 0.545. The van der Waals surface area contributed by atoms with Crippen LogP contribution in [0.4, 0.5) is 0 Å². The molecule has 21 heavy (non-hydrogen) atoms. The smallest absolute Gasteiger partial charge is 0.211 e. The molecule has 1 aliphatic heterocycles. The van der Waals surface area contributed by atoms with Crippen LogP contribution in [-0.2, 0) is 10.0 Å². The molecule has 1 saturated heterocycles. The lowest BCUT2D eigenvalue weighted by Crippen LogP contribution is -2.40. The van der Waals surface area contributed by atoms with Crippen LogP contribution in [0.3, 0.4) is 0 Å².